The Labute approximate surface area is 193 Å². The first kappa shape index (κ1) is 24.6. The third-order valence-electron chi connectivity index (χ3n) is 4.91. The molecule has 2 aromatic carbocycles. The lowest BCUT2D eigenvalue weighted by Crippen LogP contribution is -2.50. The number of nitrogens with one attached hydrogen (secondary N) is 1. The van der Waals surface area contributed by atoms with Crippen LogP contribution in [0, 0.1) is 0 Å². The first-order chi connectivity index (χ1) is 14.3. The molecule has 2 atom stereocenters. The fraction of sp³-hybridized carbons (Fsp3) is 0.391. The van der Waals surface area contributed by atoms with Crippen molar-refractivity contribution in [3.8, 4) is 0 Å². The van der Waals surface area contributed by atoms with E-state index in [4.69, 9.17) is 23.2 Å². The number of carbonyl (C=O) groups is 2. The number of carbonyl (C=O) groups excluding carboxylic acids is 2. The molecule has 2 unspecified atom stereocenters. The second kappa shape index (κ2) is 12.2. The summed E-state index contributed by atoms with van der Waals surface area (Å²) in [5.74, 6) is 0.592. The lowest BCUT2D eigenvalue weighted by molar-refractivity contribution is -0.138. The van der Waals surface area contributed by atoms with Crippen LogP contribution in [0.1, 0.15) is 38.3 Å². The van der Waals surface area contributed by atoms with Crippen LogP contribution in [-0.4, -0.2) is 34.6 Å². The van der Waals surface area contributed by atoms with E-state index in [-0.39, 0.29) is 30.2 Å². The van der Waals surface area contributed by atoms with Crippen LogP contribution in [-0.2, 0) is 21.9 Å². The number of hydrogen-bond acceptors (Lipinski definition) is 3. The van der Waals surface area contributed by atoms with Gasteiger partial charge in [0.15, 0.2) is 0 Å². The molecule has 30 heavy (non-hydrogen) atoms. The summed E-state index contributed by atoms with van der Waals surface area (Å²) in [6.07, 6.45) is 0.824. The molecule has 0 saturated heterocycles. The highest BCUT2D eigenvalue weighted by Crippen LogP contribution is 2.23. The fourth-order valence-corrected chi connectivity index (χ4v) is 4.20. The van der Waals surface area contributed by atoms with Crippen LogP contribution < -0.4 is 5.32 Å². The van der Waals surface area contributed by atoms with E-state index in [2.05, 4.69) is 5.32 Å². The summed E-state index contributed by atoms with van der Waals surface area (Å²) < 4.78 is 0. The Morgan fingerprint density at radius 2 is 1.57 bits per heavy atom. The average molecular weight is 467 g/mol. The summed E-state index contributed by atoms with van der Waals surface area (Å²) in [5, 5.41) is 4.23. The van der Waals surface area contributed by atoms with Crippen molar-refractivity contribution in [2.24, 2.45) is 0 Å². The van der Waals surface area contributed by atoms with E-state index in [1.807, 2.05) is 56.3 Å². The van der Waals surface area contributed by atoms with Crippen LogP contribution >= 0.6 is 35.0 Å². The van der Waals surface area contributed by atoms with Crippen molar-refractivity contribution < 1.29 is 9.59 Å². The smallest absolute Gasteiger partial charge is 0.242 e. The number of halogens is 2. The molecule has 0 aliphatic rings. The van der Waals surface area contributed by atoms with Crippen LogP contribution in [0.2, 0.25) is 10.0 Å². The lowest BCUT2D eigenvalue weighted by Gasteiger charge is -2.30. The van der Waals surface area contributed by atoms with Crippen LogP contribution in [0.15, 0.2) is 48.5 Å². The van der Waals surface area contributed by atoms with Crippen molar-refractivity contribution in [2.45, 2.75) is 51.6 Å². The SMILES string of the molecule is CCC(C)NC(=O)C(C)N(Cc1ccccc1Cl)C(=O)CSCc1ccccc1Cl. The third-order valence-corrected chi connectivity index (χ3v) is 6.61. The van der Waals surface area contributed by atoms with Gasteiger partial charge in [0.25, 0.3) is 0 Å². The summed E-state index contributed by atoms with van der Waals surface area (Å²) in [7, 11) is 0. The fourth-order valence-electron chi connectivity index (χ4n) is 2.80. The van der Waals surface area contributed by atoms with Crippen LogP contribution in [0.25, 0.3) is 0 Å². The van der Waals surface area contributed by atoms with E-state index in [1.165, 1.54) is 11.8 Å². The molecule has 2 amide bonds. The van der Waals surface area contributed by atoms with Crippen molar-refractivity contribution in [2.75, 3.05) is 5.75 Å². The van der Waals surface area contributed by atoms with Gasteiger partial charge in [-0.25, -0.2) is 0 Å². The summed E-state index contributed by atoms with van der Waals surface area (Å²) in [6.45, 7) is 5.99. The molecule has 0 spiro atoms. The summed E-state index contributed by atoms with van der Waals surface area (Å²) in [6, 6.07) is 14.4. The highest BCUT2D eigenvalue weighted by atomic mass is 35.5. The van der Waals surface area contributed by atoms with Crippen molar-refractivity contribution >= 4 is 46.8 Å². The van der Waals surface area contributed by atoms with E-state index < -0.39 is 6.04 Å². The zero-order valence-corrected chi connectivity index (χ0v) is 19.9. The Morgan fingerprint density at radius 3 is 2.13 bits per heavy atom. The lowest BCUT2D eigenvalue weighted by atomic mass is 10.1. The average Bonchev–Trinajstić information content (AvgIpc) is 2.73. The molecule has 7 heteroatoms. The molecule has 0 aromatic heterocycles. The second-order valence-corrected chi connectivity index (χ2v) is 8.99. The predicted octanol–water partition coefficient (Wildman–Crippen LogP) is 5.56. The number of amides is 2. The van der Waals surface area contributed by atoms with Crippen molar-refractivity contribution in [3.63, 3.8) is 0 Å². The Bertz CT molecular complexity index is 863. The zero-order valence-electron chi connectivity index (χ0n) is 17.5. The van der Waals surface area contributed by atoms with Gasteiger partial charge < -0.3 is 10.2 Å². The van der Waals surface area contributed by atoms with Crippen LogP contribution in [0.5, 0.6) is 0 Å². The maximum atomic E-state index is 13.1. The van der Waals surface area contributed by atoms with Gasteiger partial charge in [0, 0.05) is 28.4 Å². The topological polar surface area (TPSA) is 49.4 Å². The predicted molar refractivity (Wildman–Crippen MR) is 127 cm³/mol. The largest absolute Gasteiger partial charge is 0.352 e. The zero-order chi connectivity index (χ0) is 22.1. The molecule has 0 bridgehead atoms. The standard InChI is InChI=1S/C23H28Cl2N2O2S/c1-4-16(2)26-23(29)17(3)27(13-18-9-5-7-11-20(18)24)22(28)15-30-14-19-10-6-8-12-21(19)25/h5-12,16-17H,4,13-15H2,1-3H3,(H,26,29). The first-order valence-corrected chi connectivity index (χ1v) is 11.9. The van der Waals surface area contributed by atoms with Crippen molar-refractivity contribution in [1.29, 1.82) is 0 Å². The molecule has 1 N–H and O–H groups in total. The molecular weight excluding hydrogens is 439 g/mol. The van der Waals surface area contributed by atoms with Gasteiger partial charge >= 0.3 is 0 Å². The maximum absolute atomic E-state index is 13.1. The Morgan fingerprint density at radius 1 is 1.00 bits per heavy atom. The molecule has 2 aromatic rings. The van der Waals surface area contributed by atoms with Gasteiger partial charge in [-0.2, -0.15) is 0 Å². The van der Waals surface area contributed by atoms with Gasteiger partial charge in [-0.1, -0.05) is 66.5 Å². The van der Waals surface area contributed by atoms with Crippen LogP contribution in [0.4, 0.5) is 0 Å². The minimum atomic E-state index is -0.608. The summed E-state index contributed by atoms with van der Waals surface area (Å²) in [5.41, 5.74) is 1.80. The van der Waals surface area contributed by atoms with Gasteiger partial charge in [-0.3, -0.25) is 9.59 Å². The number of hydrogen-bond donors (Lipinski definition) is 1. The van der Waals surface area contributed by atoms with E-state index in [1.54, 1.807) is 17.9 Å². The quantitative estimate of drug-likeness (QED) is 0.498. The first-order valence-electron chi connectivity index (χ1n) is 9.97. The highest BCUT2D eigenvalue weighted by Gasteiger charge is 2.27. The molecule has 0 saturated carbocycles. The van der Waals surface area contributed by atoms with E-state index in [0.29, 0.717) is 15.8 Å². The Hall–Kier alpha value is -1.69. The molecule has 0 fully saturated rings. The van der Waals surface area contributed by atoms with Gasteiger partial charge in [0.05, 0.1) is 5.75 Å². The molecular formula is C23H28Cl2N2O2S. The molecule has 0 aliphatic heterocycles. The minimum absolute atomic E-state index is 0.0480. The van der Waals surface area contributed by atoms with Gasteiger partial charge in [-0.15, -0.1) is 11.8 Å². The van der Waals surface area contributed by atoms with Gasteiger partial charge in [-0.05, 0) is 43.5 Å². The van der Waals surface area contributed by atoms with Crippen LogP contribution in [0.3, 0.4) is 0 Å². The molecule has 4 nitrogen and oxygen atoms in total. The van der Waals surface area contributed by atoms with E-state index in [9.17, 15) is 9.59 Å². The number of nitrogens with zero attached hydrogens (tertiary/aromatic N) is 1. The van der Waals surface area contributed by atoms with E-state index in [0.717, 1.165) is 17.5 Å². The number of benzene rings is 2. The highest BCUT2D eigenvalue weighted by molar-refractivity contribution is 7.99. The third kappa shape index (κ3) is 7.22. The van der Waals surface area contributed by atoms with Gasteiger partial charge in [0.1, 0.15) is 6.04 Å². The molecule has 0 radical (unpaired) electrons. The van der Waals surface area contributed by atoms with E-state index >= 15 is 0 Å². The normalized spacial score (nSPS) is 12.8. The summed E-state index contributed by atoms with van der Waals surface area (Å²) >= 11 is 14.0. The molecule has 162 valence electrons. The Balaban J connectivity index is 2.10. The monoisotopic (exact) mass is 466 g/mol. The summed E-state index contributed by atoms with van der Waals surface area (Å²) in [4.78, 5) is 27.4. The molecule has 2 rings (SSSR count). The Kier molecular flexibility index (Phi) is 10.0. The molecule has 0 aliphatic carbocycles. The van der Waals surface area contributed by atoms with Crippen molar-refractivity contribution in [1.82, 2.24) is 10.2 Å². The number of rotatable bonds is 10. The second-order valence-electron chi connectivity index (χ2n) is 7.19. The number of thioether (sulfide) groups is 1. The van der Waals surface area contributed by atoms with Crippen molar-refractivity contribution in [3.05, 3.63) is 69.7 Å². The van der Waals surface area contributed by atoms with Gasteiger partial charge in [0.2, 0.25) is 11.8 Å². The minimum Gasteiger partial charge on any atom is -0.352 e. The maximum Gasteiger partial charge on any atom is 0.242 e. The molecule has 0 heterocycles.